The van der Waals surface area contributed by atoms with Gasteiger partial charge in [0, 0.05) is 25.1 Å². The Balaban J connectivity index is 2.07. The van der Waals surface area contributed by atoms with Crippen molar-refractivity contribution in [3.8, 4) is 0 Å². The molecule has 1 aliphatic rings. The maximum absolute atomic E-state index is 9.41. The number of piperidine rings is 1. The molecule has 110 valence electrons. The molecule has 2 heterocycles. The highest BCUT2D eigenvalue weighted by atomic mass is 32.1. The van der Waals surface area contributed by atoms with Crippen LogP contribution in [-0.2, 0) is 0 Å². The molecule has 1 unspecified atom stereocenters. The molecule has 0 spiro atoms. The average Bonchev–Trinajstić information content (AvgIpc) is 2.53. The first-order valence-corrected chi connectivity index (χ1v) is 7.65. The number of rotatable bonds is 3. The molecule has 1 aromatic carbocycles. The van der Waals surface area contributed by atoms with Crippen LogP contribution in [0.3, 0.4) is 0 Å². The largest absolute Gasteiger partial charge is 0.396 e. The van der Waals surface area contributed by atoms with E-state index >= 15 is 0 Å². The highest BCUT2D eigenvalue weighted by Gasteiger charge is 2.23. The minimum absolute atomic E-state index is 0.215. The summed E-state index contributed by atoms with van der Waals surface area (Å²) in [7, 11) is 0. The van der Waals surface area contributed by atoms with Crippen molar-refractivity contribution in [2.24, 2.45) is 11.7 Å². The van der Waals surface area contributed by atoms with Gasteiger partial charge in [0.2, 0.25) is 0 Å². The number of para-hydroxylation sites is 1. The van der Waals surface area contributed by atoms with Gasteiger partial charge in [-0.3, -0.25) is 0 Å². The minimum Gasteiger partial charge on any atom is -0.396 e. The van der Waals surface area contributed by atoms with Gasteiger partial charge in [-0.05, 0) is 30.9 Å². The molecule has 0 amide bonds. The second-order valence-electron chi connectivity index (χ2n) is 5.55. The average molecular weight is 301 g/mol. The van der Waals surface area contributed by atoms with Gasteiger partial charge in [-0.1, -0.05) is 30.4 Å². The lowest BCUT2D eigenvalue weighted by Crippen LogP contribution is -2.38. The van der Waals surface area contributed by atoms with Crippen LogP contribution in [0.1, 0.15) is 18.4 Å². The van der Waals surface area contributed by atoms with Gasteiger partial charge in [-0.25, -0.2) is 4.98 Å². The topological polar surface area (TPSA) is 62.4 Å². The molecule has 0 radical (unpaired) electrons. The summed E-state index contributed by atoms with van der Waals surface area (Å²) in [5.74, 6) is 1.14. The van der Waals surface area contributed by atoms with Crippen molar-refractivity contribution in [2.75, 3.05) is 24.6 Å². The molecule has 3 rings (SSSR count). The summed E-state index contributed by atoms with van der Waals surface area (Å²) in [6.45, 7) is 1.95. The number of hydrogen-bond donors (Lipinski definition) is 2. The monoisotopic (exact) mass is 301 g/mol. The smallest absolute Gasteiger partial charge is 0.139 e. The van der Waals surface area contributed by atoms with E-state index in [2.05, 4.69) is 4.90 Å². The van der Waals surface area contributed by atoms with Crippen molar-refractivity contribution in [2.45, 2.75) is 12.8 Å². The summed E-state index contributed by atoms with van der Waals surface area (Å²) >= 11 is 5.20. The van der Waals surface area contributed by atoms with Crippen LogP contribution >= 0.6 is 12.2 Å². The molecule has 5 heteroatoms. The van der Waals surface area contributed by atoms with E-state index in [4.69, 9.17) is 22.9 Å². The molecule has 0 saturated carbocycles. The predicted octanol–water partition coefficient (Wildman–Crippen LogP) is 2.08. The third kappa shape index (κ3) is 2.84. The molecule has 1 atom stereocenters. The number of anilines is 1. The van der Waals surface area contributed by atoms with Crippen molar-refractivity contribution in [3.05, 3.63) is 35.9 Å². The lowest BCUT2D eigenvalue weighted by atomic mass is 9.98. The predicted molar refractivity (Wildman–Crippen MR) is 89.7 cm³/mol. The molecule has 0 bridgehead atoms. The van der Waals surface area contributed by atoms with Gasteiger partial charge in [0.1, 0.15) is 10.8 Å². The normalized spacial score (nSPS) is 18.9. The Hall–Kier alpha value is -1.72. The molecular weight excluding hydrogens is 282 g/mol. The van der Waals surface area contributed by atoms with Gasteiger partial charge in [0.25, 0.3) is 0 Å². The lowest BCUT2D eigenvalue weighted by molar-refractivity contribution is 0.208. The second kappa shape index (κ2) is 5.95. The van der Waals surface area contributed by atoms with Gasteiger partial charge >= 0.3 is 0 Å². The first-order valence-electron chi connectivity index (χ1n) is 7.24. The van der Waals surface area contributed by atoms with Crippen molar-refractivity contribution in [1.82, 2.24) is 4.98 Å². The van der Waals surface area contributed by atoms with E-state index in [1.165, 1.54) is 0 Å². The lowest BCUT2D eigenvalue weighted by Gasteiger charge is -2.34. The summed E-state index contributed by atoms with van der Waals surface area (Å²) in [6.07, 6.45) is 2.11. The Morgan fingerprint density at radius 2 is 2.24 bits per heavy atom. The van der Waals surface area contributed by atoms with Crippen molar-refractivity contribution >= 4 is 33.9 Å². The van der Waals surface area contributed by atoms with E-state index in [9.17, 15) is 5.11 Å². The van der Waals surface area contributed by atoms with Gasteiger partial charge in [-0.2, -0.15) is 0 Å². The summed E-state index contributed by atoms with van der Waals surface area (Å²) in [4.78, 5) is 7.34. The molecule has 1 aliphatic heterocycles. The molecule has 1 saturated heterocycles. The van der Waals surface area contributed by atoms with Gasteiger partial charge in [0.05, 0.1) is 11.1 Å². The number of pyridine rings is 1. The van der Waals surface area contributed by atoms with Crippen LogP contribution in [0, 0.1) is 5.92 Å². The van der Waals surface area contributed by atoms with E-state index in [1.54, 1.807) is 0 Å². The van der Waals surface area contributed by atoms with E-state index in [-0.39, 0.29) is 6.61 Å². The van der Waals surface area contributed by atoms with Crippen molar-refractivity contribution in [1.29, 1.82) is 0 Å². The zero-order chi connectivity index (χ0) is 14.8. The fraction of sp³-hybridized carbons (Fsp3) is 0.375. The molecule has 1 aromatic heterocycles. The molecule has 0 aliphatic carbocycles. The number of nitrogens with two attached hydrogens (primary N) is 1. The standard InChI is InChI=1S/C16H19N3OS/c17-15(21)13-8-12-5-1-2-6-14(12)18-16(13)19-7-3-4-11(9-19)10-20/h1-2,5-6,8,11,20H,3-4,7,9-10H2,(H2,17,21). The quantitative estimate of drug-likeness (QED) is 0.850. The van der Waals surface area contributed by atoms with E-state index < -0.39 is 0 Å². The third-order valence-corrected chi connectivity index (χ3v) is 4.27. The zero-order valence-electron chi connectivity index (χ0n) is 11.8. The number of nitrogens with zero attached hydrogens (tertiary/aromatic N) is 2. The van der Waals surface area contributed by atoms with Crippen LogP contribution in [0.25, 0.3) is 10.9 Å². The van der Waals surface area contributed by atoms with Crippen LogP contribution in [0.5, 0.6) is 0 Å². The number of benzene rings is 1. The molecule has 4 nitrogen and oxygen atoms in total. The van der Waals surface area contributed by atoms with Crippen LogP contribution in [0.4, 0.5) is 5.82 Å². The molecule has 1 fully saturated rings. The fourth-order valence-corrected chi connectivity index (χ4v) is 3.08. The Kier molecular flexibility index (Phi) is 4.03. The summed E-state index contributed by atoms with van der Waals surface area (Å²) < 4.78 is 0. The highest BCUT2D eigenvalue weighted by Crippen LogP contribution is 2.27. The fourth-order valence-electron chi connectivity index (χ4n) is 2.93. The number of hydrogen-bond acceptors (Lipinski definition) is 4. The van der Waals surface area contributed by atoms with Gasteiger partial charge in [0.15, 0.2) is 0 Å². The number of aliphatic hydroxyl groups excluding tert-OH is 1. The Bertz CT molecular complexity index is 674. The van der Waals surface area contributed by atoms with Crippen LogP contribution in [0.2, 0.25) is 0 Å². The summed E-state index contributed by atoms with van der Waals surface area (Å²) in [5, 5.41) is 10.4. The van der Waals surface area contributed by atoms with Crippen molar-refractivity contribution < 1.29 is 5.11 Å². The SMILES string of the molecule is NC(=S)c1cc2ccccc2nc1N1CCCC(CO)C1. The summed E-state index contributed by atoms with van der Waals surface area (Å²) in [6, 6.07) is 9.99. The molecule has 3 N–H and O–H groups in total. The molecule has 2 aromatic rings. The first kappa shape index (κ1) is 14.2. The number of thiocarbonyl (C=S) groups is 1. The maximum atomic E-state index is 9.41. The Morgan fingerprint density at radius 3 is 3.00 bits per heavy atom. The Morgan fingerprint density at radius 1 is 1.43 bits per heavy atom. The van der Waals surface area contributed by atoms with Crippen LogP contribution < -0.4 is 10.6 Å². The maximum Gasteiger partial charge on any atom is 0.139 e. The Labute approximate surface area is 129 Å². The zero-order valence-corrected chi connectivity index (χ0v) is 12.6. The molecular formula is C16H19N3OS. The van der Waals surface area contributed by atoms with Gasteiger partial charge < -0.3 is 15.7 Å². The summed E-state index contributed by atoms with van der Waals surface area (Å²) in [5.41, 5.74) is 7.66. The number of fused-ring (bicyclic) bond motifs is 1. The number of aromatic nitrogens is 1. The molecule has 21 heavy (non-hydrogen) atoms. The van der Waals surface area contributed by atoms with E-state index in [0.29, 0.717) is 10.9 Å². The van der Waals surface area contributed by atoms with E-state index in [0.717, 1.165) is 48.2 Å². The third-order valence-electron chi connectivity index (χ3n) is 4.05. The second-order valence-corrected chi connectivity index (χ2v) is 5.99. The minimum atomic E-state index is 0.215. The number of aliphatic hydroxyl groups is 1. The highest BCUT2D eigenvalue weighted by molar-refractivity contribution is 7.80. The van der Waals surface area contributed by atoms with Gasteiger partial charge in [-0.15, -0.1) is 0 Å². The van der Waals surface area contributed by atoms with E-state index in [1.807, 2.05) is 30.3 Å². The van der Waals surface area contributed by atoms with Crippen LogP contribution in [0.15, 0.2) is 30.3 Å². The first-order chi connectivity index (χ1) is 10.2. The van der Waals surface area contributed by atoms with Crippen LogP contribution in [-0.4, -0.2) is 34.8 Å². The van der Waals surface area contributed by atoms with Crippen molar-refractivity contribution in [3.63, 3.8) is 0 Å².